The topological polar surface area (TPSA) is 59.9 Å². The zero-order valence-electron chi connectivity index (χ0n) is 14.2. The summed E-state index contributed by atoms with van der Waals surface area (Å²) in [5.74, 6) is 0. The SMILES string of the molecule is N#Cc1cccc(-c2cc3c(c(NC4CCNCC4)c2)CNC=C3)c1. The minimum atomic E-state index is 0.511. The molecule has 3 N–H and O–H groups in total. The molecule has 0 amide bonds. The Kier molecular flexibility index (Phi) is 4.41. The monoisotopic (exact) mass is 330 g/mol. The van der Waals surface area contributed by atoms with E-state index in [0.717, 1.165) is 43.6 Å². The van der Waals surface area contributed by atoms with E-state index < -0.39 is 0 Å². The Bertz CT molecular complexity index is 841. The van der Waals surface area contributed by atoms with Crippen LogP contribution in [0.15, 0.2) is 42.6 Å². The van der Waals surface area contributed by atoms with Gasteiger partial charge in [0.25, 0.3) is 0 Å². The van der Waals surface area contributed by atoms with Crippen molar-refractivity contribution >= 4 is 11.8 Å². The molecule has 2 heterocycles. The standard InChI is InChI=1S/C21H22N4/c22-13-15-2-1-3-16(10-15)18-11-17-4-7-24-14-20(17)21(12-18)25-19-5-8-23-9-6-19/h1-4,7,10-12,19,23-25H,5-6,8-9,14H2. The first-order valence-electron chi connectivity index (χ1n) is 8.88. The largest absolute Gasteiger partial charge is 0.387 e. The van der Waals surface area contributed by atoms with Crippen LogP contribution >= 0.6 is 0 Å². The van der Waals surface area contributed by atoms with Gasteiger partial charge in [-0.15, -0.1) is 0 Å². The molecule has 126 valence electrons. The van der Waals surface area contributed by atoms with Gasteiger partial charge in [0.1, 0.15) is 0 Å². The van der Waals surface area contributed by atoms with Crippen LogP contribution in [0.5, 0.6) is 0 Å². The Balaban J connectivity index is 1.74. The molecule has 0 aromatic heterocycles. The number of rotatable bonds is 3. The van der Waals surface area contributed by atoms with Crippen molar-refractivity contribution < 1.29 is 0 Å². The third-order valence-electron chi connectivity index (χ3n) is 4.97. The number of hydrogen-bond donors (Lipinski definition) is 3. The van der Waals surface area contributed by atoms with Gasteiger partial charge in [-0.2, -0.15) is 5.26 Å². The normalized spacial score (nSPS) is 16.6. The van der Waals surface area contributed by atoms with Crippen LogP contribution in [0.25, 0.3) is 17.2 Å². The van der Waals surface area contributed by atoms with Crippen LogP contribution in [0.3, 0.4) is 0 Å². The van der Waals surface area contributed by atoms with Crippen molar-refractivity contribution in [2.24, 2.45) is 0 Å². The summed E-state index contributed by atoms with van der Waals surface area (Å²) in [4.78, 5) is 0. The lowest BCUT2D eigenvalue weighted by Crippen LogP contribution is -2.35. The van der Waals surface area contributed by atoms with Crippen molar-refractivity contribution in [2.75, 3.05) is 18.4 Å². The first-order valence-corrected chi connectivity index (χ1v) is 8.88. The van der Waals surface area contributed by atoms with Crippen molar-refractivity contribution in [1.82, 2.24) is 10.6 Å². The van der Waals surface area contributed by atoms with Gasteiger partial charge in [-0.05, 0) is 79.2 Å². The van der Waals surface area contributed by atoms with Gasteiger partial charge in [-0.3, -0.25) is 0 Å². The van der Waals surface area contributed by atoms with Crippen LogP contribution in [0, 0.1) is 11.3 Å². The van der Waals surface area contributed by atoms with Gasteiger partial charge in [0.05, 0.1) is 11.6 Å². The van der Waals surface area contributed by atoms with E-state index in [1.165, 1.54) is 16.8 Å². The van der Waals surface area contributed by atoms with E-state index in [0.29, 0.717) is 11.6 Å². The molecular weight excluding hydrogens is 308 g/mol. The lowest BCUT2D eigenvalue weighted by molar-refractivity contribution is 0.479. The summed E-state index contributed by atoms with van der Waals surface area (Å²) < 4.78 is 0. The molecule has 0 atom stereocenters. The quantitative estimate of drug-likeness (QED) is 0.806. The van der Waals surface area contributed by atoms with E-state index in [1.54, 1.807) is 0 Å². The Morgan fingerprint density at radius 2 is 1.96 bits per heavy atom. The lowest BCUT2D eigenvalue weighted by atomic mass is 9.94. The van der Waals surface area contributed by atoms with Gasteiger partial charge in [-0.1, -0.05) is 12.1 Å². The fourth-order valence-electron chi connectivity index (χ4n) is 3.60. The predicted octanol–water partition coefficient (Wildman–Crippen LogP) is 3.46. The van der Waals surface area contributed by atoms with Crippen LogP contribution in [-0.4, -0.2) is 19.1 Å². The highest BCUT2D eigenvalue weighted by Gasteiger charge is 2.17. The average molecular weight is 330 g/mol. The van der Waals surface area contributed by atoms with E-state index in [1.807, 2.05) is 24.4 Å². The van der Waals surface area contributed by atoms with Crippen molar-refractivity contribution in [3.63, 3.8) is 0 Å². The zero-order valence-corrected chi connectivity index (χ0v) is 14.2. The van der Waals surface area contributed by atoms with E-state index in [-0.39, 0.29) is 0 Å². The van der Waals surface area contributed by atoms with Crippen LogP contribution in [-0.2, 0) is 6.54 Å². The number of anilines is 1. The van der Waals surface area contributed by atoms with E-state index in [9.17, 15) is 5.26 Å². The molecule has 4 nitrogen and oxygen atoms in total. The second-order valence-corrected chi connectivity index (χ2v) is 6.67. The third kappa shape index (κ3) is 3.38. The summed E-state index contributed by atoms with van der Waals surface area (Å²) in [6, 6.07) is 15.0. The van der Waals surface area contributed by atoms with Crippen LogP contribution in [0.1, 0.15) is 29.5 Å². The molecule has 0 spiro atoms. The molecule has 2 aliphatic rings. The highest BCUT2D eigenvalue weighted by molar-refractivity contribution is 5.77. The summed E-state index contributed by atoms with van der Waals surface area (Å²) in [5, 5.41) is 19.7. The second-order valence-electron chi connectivity index (χ2n) is 6.67. The number of benzene rings is 2. The Labute approximate surface area is 148 Å². The molecular formula is C21H22N4. The number of hydrogen-bond acceptors (Lipinski definition) is 4. The third-order valence-corrected chi connectivity index (χ3v) is 4.97. The maximum Gasteiger partial charge on any atom is 0.0991 e. The van der Waals surface area contributed by atoms with Crippen LogP contribution < -0.4 is 16.0 Å². The molecule has 2 aromatic carbocycles. The summed E-state index contributed by atoms with van der Waals surface area (Å²) in [6.45, 7) is 2.99. The summed E-state index contributed by atoms with van der Waals surface area (Å²) >= 11 is 0. The summed E-state index contributed by atoms with van der Waals surface area (Å²) in [6.07, 6.45) is 6.43. The highest BCUT2D eigenvalue weighted by atomic mass is 15.0. The maximum absolute atomic E-state index is 9.18. The summed E-state index contributed by atoms with van der Waals surface area (Å²) in [5.41, 5.74) is 6.70. The molecule has 1 fully saturated rings. The van der Waals surface area contributed by atoms with Crippen molar-refractivity contribution in [3.05, 3.63) is 59.3 Å². The summed E-state index contributed by atoms with van der Waals surface area (Å²) in [7, 11) is 0. The molecule has 0 bridgehead atoms. The molecule has 0 saturated carbocycles. The fourth-order valence-corrected chi connectivity index (χ4v) is 3.60. The van der Waals surface area contributed by atoms with Gasteiger partial charge >= 0.3 is 0 Å². The van der Waals surface area contributed by atoms with E-state index >= 15 is 0 Å². The molecule has 0 radical (unpaired) electrons. The van der Waals surface area contributed by atoms with Crippen molar-refractivity contribution in [2.45, 2.75) is 25.4 Å². The fraction of sp³-hybridized carbons (Fsp3) is 0.286. The Morgan fingerprint density at radius 3 is 2.80 bits per heavy atom. The van der Waals surface area contributed by atoms with Gasteiger partial charge in [-0.25, -0.2) is 0 Å². The van der Waals surface area contributed by atoms with Gasteiger partial charge in [0, 0.05) is 23.8 Å². The molecule has 25 heavy (non-hydrogen) atoms. The minimum Gasteiger partial charge on any atom is -0.387 e. The van der Waals surface area contributed by atoms with Gasteiger partial charge in [0.2, 0.25) is 0 Å². The number of nitrogens with zero attached hydrogens (tertiary/aromatic N) is 1. The molecule has 0 unspecified atom stereocenters. The molecule has 2 aromatic rings. The Hall–Kier alpha value is -2.77. The second kappa shape index (κ2) is 7.00. The van der Waals surface area contributed by atoms with Crippen LogP contribution in [0.4, 0.5) is 5.69 Å². The lowest BCUT2D eigenvalue weighted by Gasteiger charge is -2.28. The molecule has 0 aliphatic carbocycles. The number of nitriles is 1. The molecule has 1 saturated heterocycles. The first-order chi connectivity index (χ1) is 12.3. The molecule has 4 heteroatoms. The van der Waals surface area contributed by atoms with Crippen molar-refractivity contribution in [1.29, 1.82) is 5.26 Å². The minimum absolute atomic E-state index is 0.511. The van der Waals surface area contributed by atoms with E-state index in [4.69, 9.17) is 0 Å². The van der Waals surface area contributed by atoms with Crippen LogP contribution in [0.2, 0.25) is 0 Å². The van der Waals surface area contributed by atoms with E-state index in [2.05, 4.69) is 46.3 Å². The number of piperidine rings is 1. The number of nitrogens with one attached hydrogen (secondary N) is 3. The zero-order chi connectivity index (χ0) is 17.1. The average Bonchev–Trinajstić information content (AvgIpc) is 2.69. The van der Waals surface area contributed by atoms with Gasteiger partial charge in [0.15, 0.2) is 0 Å². The Morgan fingerprint density at radius 1 is 1.08 bits per heavy atom. The van der Waals surface area contributed by atoms with Gasteiger partial charge < -0.3 is 16.0 Å². The first kappa shape index (κ1) is 15.7. The van der Waals surface area contributed by atoms with Crippen molar-refractivity contribution in [3.8, 4) is 17.2 Å². The molecule has 4 rings (SSSR count). The smallest absolute Gasteiger partial charge is 0.0991 e. The molecule has 2 aliphatic heterocycles. The highest BCUT2D eigenvalue weighted by Crippen LogP contribution is 2.32. The predicted molar refractivity (Wildman–Crippen MR) is 102 cm³/mol. The number of fused-ring (bicyclic) bond motifs is 1. The maximum atomic E-state index is 9.18.